The molecule has 3 aromatic rings. The number of hydrogen-bond acceptors (Lipinski definition) is 5. The summed E-state index contributed by atoms with van der Waals surface area (Å²) in [5.41, 5.74) is 1.66. The number of anilines is 1. The summed E-state index contributed by atoms with van der Waals surface area (Å²) in [7, 11) is -3.90. The van der Waals surface area contributed by atoms with Crippen LogP contribution in [0.15, 0.2) is 70.7 Å². The van der Waals surface area contributed by atoms with Gasteiger partial charge in [-0.1, -0.05) is 44.5 Å². The van der Waals surface area contributed by atoms with E-state index >= 15 is 0 Å². The average molecular weight is 475 g/mol. The lowest BCUT2D eigenvalue weighted by atomic mass is 9.87. The highest BCUT2D eigenvalue weighted by molar-refractivity contribution is 7.98. The molecule has 0 unspecified atom stereocenters. The Labute approximate surface area is 192 Å². The van der Waals surface area contributed by atoms with Crippen LogP contribution in [0.3, 0.4) is 0 Å². The fourth-order valence-corrected chi connectivity index (χ4v) is 4.61. The third-order valence-corrected chi connectivity index (χ3v) is 6.97. The van der Waals surface area contributed by atoms with Gasteiger partial charge < -0.3 is 0 Å². The van der Waals surface area contributed by atoms with Gasteiger partial charge in [0.2, 0.25) is 0 Å². The molecule has 0 saturated carbocycles. The lowest BCUT2D eigenvalue weighted by molar-refractivity contribution is 0.103. The zero-order valence-electron chi connectivity index (χ0n) is 17.6. The molecule has 1 heterocycles. The SMILES string of the molecule is CSc1cc(C(=O)c2cc(Cl)ccc2NS(=O)(=O)c2ccc(C(C)(C)C)cc2)ccn1. The molecule has 0 spiro atoms. The van der Waals surface area contributed by atoms with Crippen LogP contribution in [0.1, 0.15) is 42.3 Å². The molecule has 0 aliphatic heterocycles. The number of carbonyl (C=O) groups is 1. The Morgan fingerprint density at radius 2 is 1.71 bits per heavy atom. The number of benzene rings is 2. The van der Waals surface area contributed by atoms with Gasteiger partial charge in [-0.05, 0) is 59.7 Å². The van der Waals surface area contributed by atoms with Crippen LogP contribution in [0.4, 0.5) is 5.69 Å². The number of hydrogen-bond donors (Lipinski definition) is 1. The lowest BCUT2D eigenvalue weighted by Crippen LogP contribution is -2.17. The first-order valence-corrected chi connectivity index (χ1v) is 12.6. The third kappa shape index (κ3) is 5.47. The van der Waals surface area contributed by atoms with E-state index < -0.39 is 10.0 Å². The van der Waals surface area contributed by atoms with Crippen molar-refractivity contribution in [1.82, 2.24) is 4.98 Å². The first-order chi connectivity index (χ1) is 14.5. The predicted molar refractivity (Wildman–Crippen MR) is 127 cm³/mol. The van der Waals surface area contributed by atoms with E-state index in [1.807, 2.05) is 6.26 Å². The standard InChI is InChI=1S/C23H23ClN2O3S2/c1-23(2,3)16-5-8-18(9-6-16)31(28,29)26-20-10-7-17(24)14-19(20)22(27)15-11-12-25-21(13-15)30-4/h5-14,26H,1-4H3. The molecule has 0 atom stereocenters. The van der Waals surface area contributed by atoms with Gasteiger partial charge in [-0.15, -0.1) is 11.8 Å². The number of ketones is 1. The molecule has 1 aromatic heterocycles. The number of halogens is 1. The van der Waals surface area contributed by atoms with E-state index in [1.165, 1.54) is 23.9 Å². The second kappa shape index (κ2) is 9.02. The zero-order valence-corrected chi connectivity index (χ0v) is 20.0. The van der Waals surface area contributed by atoms with Crippen molar-refractivity contribution in [3.05, 3.63) is 82.5 Å². The van der Waals surface area contributed by atoms with Gasteiger partial charge in [-0.2, -0.15) is 0 Å². The summed E-state index contributed by atoms with van der Waals surface area (Å²) in [5.74, 6) is -0.346. The Morgan fingerprint density at radius 3 is 2.32 bits per heavy atom. The molecule has 1 N–H and O–H groups in total. The molecule has 0 fully saturated rings. The molecule has 8 heteroatoms. The van der Waals surface area contributed by atoms with Crippen LogP contribution in [0.5, 0.6) is 0 Å². The molecule has 162 valence electrons. The highest BCUT2D eigenvalue weighted by Gasteiger charge is 2.21. The van der Waals surface area contributed by atoms with Gasteiger partial charge in [0.1, 0.15) is 0 Å². The monoisotopic (exact) mass is 474 g/mol. The molecule has 2 aromatic carbocycles. The second-order valence-corrected chi connectivity index (χ2v) is 10.9. The number of nitrogens with zero attached hydrogens (tertiary/aromatic N) is 1. The molecule has 0 bridgehead atoms. The minimum atomic E-state index is -3.90. The van der Waals surface area contributed by atoms with E-state index in [2.05, 4.69) is 30.5 Å². The van der Waals surface area contributed by atoms with Crippen molar-refractivity contribution < 1.29 is 13.2 Å². The molecular formula is C23H23ClN2O3S2. The van der Waals surface area contributed by atoms with E-state index in [0.29, 0.717) is 15.6 Å². The maximum atomic E-state index is 13.1. The topological polar surface area (TPSA) is 76.1 Å². The van der Waals surface area contributed by atoms with Crippen molar-refractivity contribution in [3.63, 3.8) is 0 Å². The van der Waals surface area contributed by atoms with Gasteiger partial charge in [0.05, 0.1) is 15.6 Å². The van der Waals surface area contributed by atoms with Crippen molar-refractivity contribution in [2.24, 2.45) is 0 Å². The average Bonchev–Trinajstić information content (AvgIpc) is 2.74. The Balaban J connectivity index is 1.97. The van der Waals surface area contributed by atoms with Gasteiger partial charge in [-0.3, -0.25) is 9.52 Å². The summed E-state index contributed by atoms with van der Waals surface area (Å²) < 4.78 is 28.5. The molecule has 5 nitrogen and oxygen atoms in total. The molecule has 0 amide bonds. The molecule has 3 rings (SSSR count). The van der Waals surface area contributed by atoms with E-state index in [-0.39, 0.29) is 27.3 Å². The van der Waals surface area contributed by atoms with Gasteiger partial charge in [-0.25, -0.2) is 13.4 Å². The Bertz CT molecular complexity index is 1220. The second-order valence-electron chi connectivity index (χ2n) is 7.99. The molecular weight excluding hydrogens is 452 g/mol. The van der Waals surface area contributed by atoms with Crippen LogP contribution in [0, 0.1) is 0 Å². The van der Waals surface area contributed by atoms with E-state index in [0.717, 1.165) is 5.56 Å². The van der Waals surface area contributed by atoms with Gasteiger partial charge >= 0.3 is 0 Å². The quantitative estimate of drug-likeness (QED) is 0.361. The van der Waals surface area contributed by atoms with Crippen LogP contribution in [0.25, 0.3) is 0 Å². The highest BCUT2D eigenvalue weighted by Crippen LogP contribution is 2.28. The molecule has 0 aliphatic rings. The van der Waals surface area contributed by atoms with Crippen molar-refractivity contribution in [2.75, 3.05) is 11.0 Å². The van der Waals surface area contributed by atoms with Crippen LogP contribution < -0.4 is 4.72 Å². The normalized spacial score (nSPS) is 11.9. The fourth-order valence-electron chi connectivity index (χ4n) is 2.95. The van der Waals surface area contributed by atoms with Gasteiger partial charge in [0, 0.05) is 22.3 Å². The van der Waals surface area contributed by atoms with E-state index in [9.17, 15) is 13.2 Å². The Kier molecular flexibility index (Phi) is 6.79. The first kappa shape index (κ1) is 23.3. The molecule has 0 saturated heterocycles. The molecule has 0 aliphatic carbocycles. The number of sulfonamides is 1. The number of thioether (sulfide) groups is 1. The number of rotatable bonds is 6. The summed E-state index contributed by atoms with van der Waals surface area (Å²) in [5, 5.41) is 1.02. The van der Waals surface area contributed by atoms with Gasteiger partial charge in [0.15, 0.2) is 5.78 Å². The number of nitrogens with one attached hydrogen (secondary N) is 1. The third-order valence-electron chi connectivity index (χ3n) is 4.71. The summed E-state index contributed by atoms with van der Waals surface area (Å²) in [4.78, 5) is 17.4. The van der Waals surface area contributed by atoms with Crippen molar-refractivity contribution >= 4 is 44.9 Å². The highest BCUT2D eigenvalue weighted by atomic mass is 35.5. The number of pyridine rings is 1. The van der Waals surface area contributed by atoms with Crippen molar-refractivity contribution in [1.29, 1.82) is 0 Å². The van der Waals surface area contributed by atoms with E-state index in [4.69, 9.17) is 11.6 Å². The Morgan fingerprint density at radius 1 is 1.03 bits per heavy atom. The maximum Gasteiger partial charge on any atom is 0.261 e. The summed E-state index contributed by atoms with van der Waals surface area (Å²) in [6.45, 7) is 6.17. The van der Waals surface area contributed by atoms with Gasteiger partial charge in [0.25, 0.3) is 10.0 Å². The minimum absolute atomic E-state index is 0.0916. The number of carbonyl (C=O) groups excluding carboxylic acids is 1. The summed E-state index contributed by atoms with van der Waals surface area (Å²) >= 11 is 7.52. The summed E-state index contributed by atoms with van der Waals surface area (Å²) in [6.07, 6.45) is 3.41. The predicted octanol–water partition coefficient (Wildman–Crippen LogP) is 5.79. The molecule has 0 radical (unpaired) electrons. The lowest BCUT2D eigenvalue weighted by Gasteiger charge is -2.19. The summed E-state index contributed by atoms with van der Waals surface area (Å²) in [6, 6.07) is 14.5. The molecule has 31 heavy (non-hydrogen) atoms. The minimum Gasteiger partial charge on any atom is -0.289 e. The van der Waals surface area contributed by atoms with Crippen molar-refractivity contribution in [2.45, 2.75) is 36.1 Å². The van der Waals surface area contributed by atoms with Crippen molar-refractivity contribution in [3.8, 4) is 0 Å². The number of aromatic nitrogens is 1. The van der Waals surface area contributed by atoms with E-state index in [1.54, 1.807) is 48.7 Å². The van der Waals surface area contributed by atoms with Crippen LogP contribution in [-0.4, -0.2) is 25.4 Å². The first-order valence-electron chi connectivity index (χ1n) is 9.49. The zero-order chi connectivity index (χ0) is 22.8. The smallest absolute Gasteiger partial charge is 0.261 e. The van der Waals surface area contributed by atoms with Crippen LogP contribution >= 0.6 is 23.4 Å². The maximum absolute atomic E-state index is 13.1. The largest absolute Gasteiger partial charge is 0.289 e. The van der Waals surface area contributed by atoms with Crippen LogP contribution in [0.2, 0.25) is 5.02 Å². The fraction of sp³-hybridized carbons (Fsp3) is 0.217. The van der Waals surface area contributed by atoms with Crippen LogP contribution in [-0.2, 0) is 15.4 Å². The Hall–Kier alpha value is -2.35.